The number of aromatic nitrogens is 2. The third kappa shape index (κ3) is 2.89. The monoisotopic (exact) mass is 371 g/mol. The zero-order valence-corrected chi connectivity index (χ0v) is 15.9. The maximum atomic E-state index is 13.6. The molecule has 7 heteroatoms. The van der Waals surface area contributed by atoms with Crippen molar-refractivity contribution in [1.29, 1.82) is 0 Å². The van der Waals surface area contributed by atoms with Gasteiger partial charge in [-0.2, -0.15) is 0 Å². The molecule has 1 saturated carbocycles. The molecule has 3 atom stereocenters. The maximum Gasteiger partial charge on any atom is 0.326 e. The lowest BCUT2D eigenvalue weighted by Crippen LogP contribution is -2.46. The molecule has 4 rings (SSSR count). The van der Waals surface area contributed by atoms with Crippen LogP contribution in [-0.2, 0) is 4.79 Å². The first kappa shape index (κ1) is 17.9. The fourth-order valence-electron chi connectivity index (χ4n) is 4.77. The second kappa shape index (κ2) is 6.62. The second-order valence-corrected chi connectivity index (χ2v) is 8.13. The van der Waals surface area contributed by atoms with Crippen LogP contribution in [0.15, 0.2) is 10.6 Å². The summed E-state index contributed by atoms with van der Waals surface area (Å²) < 4.78 is 5.38. The number of likely N-dealkylation sites (tertiary alicyclic amines) is 1. The molecule has 1 aliphatic carbocycles. The van der Waals surface area contributed by atoms with Gasteiger partial charge in [-0.1, -0.05) is 31.8 Å². The quantitative estimate of drug-likeness (QED) is 0.887. The summed E-state index contributed by atoms with van der Waals surface area (Å²) in [7, 11) is 0. The van der Waals surface area contributed by atoms with E-state index < -0.39 is 12.0 Å². The third-order valence-electron chi connectivity index (χ3n) is 5.99. The Hall–Kier alpha value is -2.44. The zero-order chi connectivity index (χ0) is 19.3. The highest BCUT2D eigenvalue weighted by Gasteiger charge is 2.48. The highest BCUT2D eigenvalue weighted by atomic mass is 16.5. The smallest absolute Gasteiger partial charge is 0.326 e. The molecule has 144 valence electrons. The van der Waals surface area contributed by atoms with Crippen molar-refractivity contribution in [2.24, 2.45) is 5.92 Å². The Balaban J connectivity index is 1.83. The molecule has 3 unspecified atom stereocenters. The van der Waals surface area contributed by atoms with Crippen LogP contribution in [0.25, 0.3) is 11.1 Å². The largest absolute Gasteiger partial charge is 0.480 e. The first-order chi connectivity index (χ1) is 12.9. The lowest BCUT2D eigenvalue weighted by Gasteiger charge is -2.33. The highest BCUT2D eigenvalue weighted by Crippen LogP contribution is 2.41. The number of rotatable bonds is 3. The maximum absolute atomic E-state index is 13.6. The van der Waals surface area contributed by atoms with Gasteiger partial charge in [-0.15, -0.1) is 0 Å². The van der Waals surface area contributed by atoms with E-state index in [9.17, 15) is 14.7 Å². The van der Waals surface area contributed by atoms with Gasteiger partial charge >= 0.3 is 5.97 Å². The minimum absolute atomic E-state index is 0.00164. The normalized spacial score (nSPS) is 25.2. The fraction of sp³-hybridized carbons (Fsp3) is 0.600. The second-order valence-electron chi connectivity index (χ2n) is 8.13. The van der Waals surface area contributed by atoms with Crippen molar-refractivity contribution in [1.82, 2.24) is 15.0 Å². The molecule has 2 fully saturated rings. The van der Waals surface area contributed by atoms with Crippen LogP contribution in [0.5, 0.6) is 0 Å². The van der Waals surface area contributed by atoms with Gasteiger partial charge in [0, 0.05) is 11.7 Å². The lowest BCUT2D eigenvalue weighted by molar-refractivity contribution is -0.141. The van der Waals surface area contributed by atoms with Crippen molar-refractivity contribution in [2.75, 3.05) is 0 Å². The number of fused-ring (bicyclic) bond motifs is 2. The Morgan fingerprint density at radius 1 is 1.30 bits per heavy atom. The first-order valence-corrected chi connectivity index (χ1v) is 9.71. The van der Waals surface area contributed by atoms with Gasteiger partial charge in [0.15, 0.2) is 0 Å². The first-order valence-electron chi connectivity index (χ1n) is 9.71. The molecular weight excluding hydrogens is 346 g/mol. The summed E-state index contributed by atoms with van der Waals surface area (Å²) in [6, 6.07) is 0.970. The molecule has 2 aromatic heterocycles. The van der Waals surface area contributed by atoms with Crippen LogP contribution in [0.4, 0.5) is 0 Å². The standard InChI is InChI=1S/C20H25N3O4/c1-10(2)17-16-13(8-11(3)21-18(16)27-22-17)19(24)23-14-7-5-4-6-12(14)9-15(23)20(25)26/h8,10,12,14-15H,4-7,9H2,1-3H3,(H,25,26). The summed E-state index contributed by atoms with van der Waals surface area (Å²) in [4.78, 5) is 31.5. The number of carboxylic acids is 1. The van der Waals surface area contributed by atoms with Crippen LogP contribution in [0.3, 0.4) is 0 Å². The van der Waals surface area contributed by atoms with Crippen LogP contribution in [0, 0.1) is 12.8 Å². The lowest BCUT2D eigenvalue weighted by atomic mass is 9.84. The summed E-state index contributed by atoms with van der Waals surface area (Å²) in [6.07, 6.45) is 4.55. The molecule has 1 aliphatic heterocycles. The number of nitrogens with zero attached hydrogens (tertiary/aromatic N) is 3. The Kier molecular flexibility index (Phi) is 4.40. The number of amides is 1. The molecule has 7 nitrogen and oxygen atoms in total. The third-order valence-corrected chi connectivity index (χ3v) is 5.99. The number of carbonyl (C=O) groups excluding carboxylic acids is 1. The summed E-state index contributed by atoms with van der Waals surface area (Å²) in [5, 5.41) is 14.5. The van der Waals surface area contributed by atoms with Gasteiger partial charge in [0.25, 0.3) is 11.6 Å². The van der Waals surface area contributed by atoms with Crippen LogP contribution in [-0.4, -0.2) is 44.1 Å². The average molecular weight is 371 g/mol. The number of hydrogen-bond acceptors (Lipinski definition) is 5. The van der Waals surface area contributed by atoms with Gasteiger partial charge in [-0.3, -0.25) is 4.79 Å². The molecule has 3 heterocycles. The van der Waals surface area contributed by atoms with E-state index in [1.807, 2.05) is 13.8 Å². The highest BCUT2D eigenvalue weighted by molar-refractivity contribution is 6.07. The van der Waals surface area contributed by atoms with Crippen LogP contribution in [0.1, 0.15) is 73.6 Å². The van der Waals surface area contributed by atoms with E-state index in [-0.39, 0.29) is 23.8 Å². The fourth-order valence-corrected chi connectivity index (χ4v) is 4.77. The SMILES string of the molecule is Cc1cc(C(=O)N2C(C(=O)O)CC3CCCCC32)c2c(C(C)C)noc2n1. The molecule has 2 aromatic rings. The minimum atomic E-state index is -0.922. The number of carbonyl (C=O) groups is 2. The average Bonchev–Trinajstić information content (AvgIpc) is 3.21. The minimum Gasteiger partial charge on any atom is -0.480 e. The van der Waals surface area contributed by atoms with Crippen molar-refractivity contribution in [2.45, 2.75) is 70.9 Å². The van der Waals surface area contributed by atoms with E-state index in [2.05, 4.69) is 10.1 Å². The van der Waals surface area contributed by atoms with E-state index >= 15 is 0 Å². The Morgan fingerprint density at radius 3 is 2.74 bits per heavy atom. The topological polar surface area (TPSA) is 96.5 Å². The van der Waals surface area contributed by atoms with Crippen LogP contribution >= 0.6 is 0 Å². The zero-order valence-electron chi connectivity index (χ0n) is 15.9. The Bertz CT molecular complexity index is 904. The van der Waals surface area contributed by atoms with Crippen molar-refractivity contribution < 1.29 is 19.2 Å². The van der Waals surface area contributed by atoms with E-state index in [1.54, 1.807) is 17.9 Å². The Labute approximate surface area is 157 Å². The van der Waals surface area contributed by atoms with Crippen LogP contribution in [0.2, 0.25) is 0 Å². The van der Waals surface area contributed by atoms with Crippen molar-refractivity contribution in [3.05, 3.63) is 23.0 Å². The van der Waals surface area contributed by atoms with Crippen molar-refractivity contribution >= 4 is 23.0 Å². The molecule has 0 bridgehead atoms. The Morgan fingerprint density at radius 2 is 2.04 bits per heavy atom. The molecule has 2 aliphatic rings. The molecule has 0 radical (unpaired) electrons. The molecule has 0 spiro atoms. The van der Waals surface area contributed by atoms with Gasteiger partial charge in [0.2, 0.25) is 0 Å². The van der Waals surface area contributed by atoms with Gasteiger partial charge in [0.1, 0.15) is 6.04 Å². The molecule has 27 heavy (non-hydrogen) atoms. The summed E-state index contributed by atoms with van der Waals surface area (Å²) in [6.45, 7) is 5.77. The van der Waals surface area contributed by atoms with Gasteiger partial charge in [-0.05, 0) is 44.1 Å². The molecule has 1 saturated heterocycles. The van der Waals surface area contributed by atoms with E-state index in [4.69, 9.17) is 4.52 Å². The number of carboxylic acid groups (broad SMARTS) is 1. The molecule has 0 aromatic carbocycles. The number of hydrogen-bond donors (Lipinski definition) is 1. The molecular formula is C20H25N3O4. The van der Waals surface area contributed by atoms with E-state index in [0.29, 0.717) is 34.5 Å². The van der Waals surface area contributed by atoms with Crippen molar-refractivity contribution in [3.63, 3.8) is 0 Å². The number of aryl methyl sites for hydroxylation is 1. The van der Waals surface area contributed by atoms with E-state index in [1.165, 1.54) is 0 Å². The van der Waals surface area contributed by atoms with Gasteiger partial charge in [0.05, 0.1) is 16.6 Å². The molecule has 1 N–H and O–H groups in total. The molecule has 1 amide bonds. The summed E-state index contributed by atoms with van der Waals surface area (Å²) in [5.41, 5.74) is 2.14. The number of aliphatic carboxylic acids is 1. The summed E-state index contributed by atoms with van der Waals surface area (Å²) >= 11 is 0. The summed E-state index contributed by atoms with van der Waals surface area (Å²) in [5.74, 6) is -0.820. The number of pyridine rings is 1. The van der Waals surface area contributed by atoms with Crippen LogP contribution < -0.4 is 0 Å². The predicted octanol–water partition coefficient (Wildman–Crippen LogP) is 3.51. The van der Waals surface area contributed by atoms with Gasteiger partial charge < -0.3 is 14.5 Å². The van der Waals surface area contributed by atoms with Gasteiger partial charge in [-0.25, -0.2) is 9.78 Å². The van der Waals surface area contributed by atoms with E-state index in [0.717, 1.165) is 25.7 Å². The van der Waals surface area contributed by atoms with Crippen molar-refractivity contribution in [3.8, 4) is 0 Å². The predicted molar refractivity (Wildman–Crippen MR) is 98.6 cm³/mol.